The van der Waals surface area contributed by atoms with Crippen LogP contribution in [0.2, 0.25) is 0 Å². The highest BCUT2D eigenvalue weighted by Gasteiger charge is 2.16. The predicted molar refractivity (Wildman–Crippen MR) is 55.3 cm³/mol. The number of hydrogen-bond acceptors (Lipinski definition) is 3. The normalized spacial score (nSPS) is 28.2. The van der Waals surface area contributed by atoms with E-state index in [4.69, 9.17) is 9.47 Å². The van der Waals surface area contributed by atoms with Crippen LogP contribution in [0.5, 0.6) is 0 Å². The molecule has 2 atom stereocenters. The van der Waals surface area contributed by atoms with Gasteiger partial charge >= 0.3 is 0 Å². The molecular weight excluding hydrogens is 190 g/mol. The van der Waals surface area contributed by atoms with Crippen LogP contribution in [0.15, 0.2) is 0 Å². The van der Waals surface area contributed by atoms with E-state index >= 15 is 0 Å². The maximum absolute atomic E-state index is 5.57. The summed E-state index contributed by atoms with van der Waals surface area (Å²) in [5.41, 5.74) is 0. The van der Waals surface area contributed by atoms with Crippen LogP contribution in [0, 0.1) is 5.92 Å². The fraction of sp³-hybridized carbons (Fsp3) is 1.00. The molecule has 0 aromatic rings. The van der Waals surface area contributed by atoms with E-state index in [9.17, 15) is 0 Å². The maximum Gasteiger partial charge on any atom is 0.108 e. The summed E-state index contributed by atoms with van der Waals surface area (Å²) in [5, 5.41) is 3.35. The van der Waals surface area contributed by atoms with Crippen molar-refractivity contribution in [1.29, 1.82) is 0 Å². The number of methoxy groups -OCH3 is 1. The van der Waals surface area contributed by atoms with Crippen LogP contribution in [0.4, 0.5) is 0 Å². The van der Waals surface area contributed by atoms with Crippen LogP contribution in [-0.2, 0) is 9.47 Å². The van der Waals surface area contributed by atoms with E-state index in [-0.39, 0.29) is 18.6 Å². The smallest absolute Gasteiger partial charge is 0.108 e. The van der Waals surface area contributed by atoms with Crippen molar-refractivity contribution >= 4 is 12.4 Å². The van der Waals surface area contributed by atoms with Gasteiger partial charge in [-0.2, -0.15) is 0 Å². The van der Waals surface area contributed by atoms with Gasteiger partial charge in [-0.05, 0) is 18.8 Å². The third kappa shape index (κ3) is 5.47. The SMILES string of the molecule is COCCCC1NCC(C)CO1.Cl. The van der Waals surface area contributed by atoms with Gasteiger partial charge in [-0.15, -0.1) is 12.4 Å². The van der Waals surface area contributed by atoms with E-state index in [1.54, 1.807) is 7.11 Å². The second kappa shape index (κ2) is 7.56. The van der Waals surface area contributed by atoms with Crippen LogP contribution in [0.1, 0.15) is 19.8 Å². The monoisotopic (exact) mass is 209 g/mol. The van der Waals surface area contributed by atoms with Crippen molar-refractivity contribution in [2.45, 2.75) is 26.0 Å². The van der Waals surface area contributed by atoms with E-state index in [1.807, 2.05) is 0 Å². The molecule has 80 valence electrons. The number of halogens is 1. The summed E-state index contributed by atoms with van der Waals surface area (Å²) in [4.78, 5) is 0. The molecule has 13 heavy (non-hydrogen) atoms. The topological polar surface area (TPSA) is 30.5 Å². The summed E-state index contributed by atoms with van der Waals surface area (Å²) in [6.07, 6.45) is 2.39. The third-order valence-electron chi connectivity index (χ3n) is 2.09. The highest BCUT2D eigenvalue weighted by Crippen LogP contribution is 2.08. The van der Waals surface area contributed by atoms with Crippen molar-refractivity contribution in [2.75, 3.05) is 26.9 Å². The molecule has 1 aliphatic heterocycles. The average Bonchev–Trinajstić information content (AvgIpc) is 2.09. The Labute approximate surface area is 86.6 Å². The minimum Gasteiger partial charge on any atom is -0.385 e. The van der Waals surface area contributed by atoms with Gasteiger partial charge in [0.2, 0.25) is 0 Å². The lowest BCUT2D eigenvalue weighted by Gasteiger charge is -2.28. The van der Waals surface area contributed by atoms with E-state index in [0.29, 0.717) is 5.92 Å². The molecule has 0 saturated carbocycles. The Balaban J connectivity index is 0.00000144. The molecule has 0 bridgehead atoms. The zero-order valence-electron chi connectivity index (χ0n) is 8.41. The zero-order chi connectivity index (χ0) is 8.81. The molecule has 3 nitrogen and oxygen atoms in total. The number of ether oxygens (including phenoxy) is 2. The first-order valence-electron chi connectivity index (χ1n) is 4.67. The molecular formula is C9H20ClNO2. The molecule has 1 aliphatic rings. The molecule has 0 aromatic heterocycles. The predicted octanol–water partition coefficient (Wildman–Crippen LogP) is 1.42. The Morgan fingerprint density at radius 2 is 2.31 bits per heavy atom. The quantitative estimate of drug-likeness (QED) is 0.711. The van der Waals surface area contributed by atoms with Gasteiger partial charge in [0, 0.05) is 20.3 Å². The largest absolute Gasteiger partial charge is 0.385 e. The van der Waals surface area contributed by atoms with Crippen molar-refractivity contribution < 1.29 is 9.47 Å². The van der Waals surface area contributed by atoms with Gasteiger partial charge in [0.25, 0.3) is 0 Å². The van der Waals surface area contributed by atoms with Crippen molar-refractivity contribution in [2.24, 2.45) is 5.92 Å². The Morgan fingerprint density at radius 3 is 2.85 bits per heavy atom. The van der Waals surface area contributed by atoms with Gasteiger partial charge in [0.1, 0.15) is 6.23 Å². The summed E-state index contributed by atoms with van der Waals surface area (Å²) < 4.78 is 10.5. The Hall–Kier alpha value is 0.170. The summed E-state index contributed by atoms with van der Waals surface area (Å²) in [7, 11) is 1.73. The van der Waals surface area contributed by atoms with Crippen LogP contribution in [0.3, 0.4) is 0 Å². The molecule has 2 unspecified atom stereocenters. The highest BCUT2D eigenvalue weighted by molar-refractivity contribution is 5.85. The van der Waals surface area contributed by atoms with Crippen LogP contribution < -0.4 is 5.32 Å². The molecule has 0 radical (unpaired) electrons. The molecule has 4 heteroatoms. The first-order chi connectivity index (χ1) is 5.83. The zero-order valence-corrected chi connectivity index (χ0v) is 9.23. The van der Waals surface area contributed by atoms with Crippen molar-refractivity contribution in [3.05, 3.63) is 0 Å². The lowest BCUT2D eigenvalue weighted by Crippen LogP contribution is -2.42. The number of hydrogen-bond donors (Lipinski definition) is 1. The second-order valence-electron chi connectivity index (χ2n) is 3.47. The molecule has 0 aliphatic carbocycles. The second-order valence-corrected chi connectivity index (χ2v) is 3.47. The summed E-state index contributed by atoms with van der Waals surface area (Å²) in [6, 6.07) is 0. The summed E-state index contributed by atoms with van der Waals surface area (Å²) in [5.74, 6) is 0.656. The van der Waals surface area contributed by atoms with Crippen LogP contribution in [-0.4, -0.2) is 33.1 Å². The molecule has 1 saturated heterocycles. The van der Waals surface area contributed by atoms with Crippen molar-refractivity contribution in [1.82, 2.24) is 5.32 Å². The highest BCUT2D eigenvalue weighted by atomic mass is 35.5. The van der Waals surface area contributed by atoms with Gasteiger partial charge in [-0.3, -0.25) is 5.32 Å². The van der Waals surface area contributed by atoms with Crippen molar-refractivity contribution in [3.8, 4) is 0 Å². The first-order valence-corrected chi connectivity index (χ1v) is 4.67. The lowest BCUT2D eigenvalue weighted by molar-refractivity contribution is -0.0311. The molecule has 1 N–H and O–H groups in total. The van der Waals surface area contributed by atoms with E-state index in [2.05, 4.69) is 12.2 Å². The van der Waals surface area contributed by atoms with Crippen LogP contribution >= 0.6 is 12.4 Å². The summed E-state index contributed by atoms with van der Waals surface area (Å²) in [6.45, 7) is 5.00. The Bertz CT molecular complexity index is 116. The van der Waals surface area contributed by atoms with E-state index in [1.165, 1.54) is 0 Å². The molecule has 0 amide bonds. The fourth-order valence-corrected chi connectivity index (χ4v) is 1.33. The number of rotatable bonds is 4. The lowest BCUT2D eigenvalue weighted by atomic mass is 10.1. The minimum atomic E-state index is 0. The number of nitrogens with one attached hydrogen (secondary N) is 1. The van der Waals surface area contributed by atoms with Gasteiger partial charge in [0.15, 0.2) is 0 Å². The Morgan fingerprint density at radius 1 is 1.54 bits per heavy atom. The van der Waals surface area contributed by atoms with Crippen LogP contribution in [0.25, 0.3) is 0 Å². The minimum absolute atomic E-state index is 0. The van der Waals surface area contributed by atoms with Gasteiger partial charge in [0.05, 0.1) is 6.61 Å². The van der Waals surface area contributed by atoms with E-state index < -0.39 is 0 Å². The molecule has 0 spiro atoms. The average molecular weight is 210 g/mol. The maximum atomic E-state index is 5.57. The molecule has 1 fully saturated rings. The first kappa shape index (κ1) is 13.2. The standard InChI is InChI=1S/C9H19NO2.ClH/c1-8-6-10-9(12-7-8)4-3-5-11-2;/h8-10H,3-7H2,1-2H3;1H. The third-order valence-corrected chi connectivity index (χ3v) is 2.09. The Kier molecular flexibility index (Phi) is 7.66. The summed E-state index contributed by atoms with van der Waals surface area (Å²) >= 11 is 0. The molecule has 1 rings (SSSR count). The van der Waals surface area contributed by atoms with Gasteiger partial charge in [-0.1, -0.05) is 6.92 Å². The molecule has 1 heterocycles. The van der Waals surface area contributed by atoms with E-state index in [0.717, 1.165) is 32.6 Å². The molecule has 0 aromatic carbocycles. The van der Waals surface area contributed by atoms with Crippen molar-refractivity contribution in [3.63, 3.8) is 0 Å². The van der Waals surface area contributed by atoms with Gasteiger partial charge < -0.3 is 9.47 Å². The van der Waals surface area contributed by atoms with Gasteiger partial charge in [-0.25, -0.2) is 0 Å². The fourth-order valence-electron chi connectivity index (χ4n) is 1.33.